The number of H-pyrrole nitrogens is 1. The van der Waals surface area contributed by atoms with Crippen LogP contribution < -0.4 is 27.0 Å². The predicted octanol–water partition coefficient (Wildman–Crippen LogP) is 2.23. The Balaban J connectivity index is 1.51. The SMILES string of the molecule is CC(C)[C@H](NC(=O)CCOCCOCCOCCOCCOCCOCCOCCOCCOCCN=[N+]=[N-])C(=O)N[C@@H](CCCNC(N)=O)C(=O)Nc1ccc(COC(=O)c2cc[nH]c2)cc1. The van der Waals surface area contributed by atoms with Gasteiger partial charge in [0.15, 0.2) is 0 Å². The number of carbonyl (C=O) groups excluding carboxylic acids is 5. The first-order valence-corrected chi connectivity index (χ1v) is 22.6. The molecular formula is C44H71N9O15. The maximum atomic E-state index is 13.5. The maximum absolute atomic E-state index is 13.5. The molecular weight excluding hydrogens is 895 g/mol. The Labute approximate surface area is 397 Å². The third-order valence-corrected chi connectivity index (χ3v) is 9.14. The molecule has 7 N–H and O–H groups in total. The zero-order valence-electron chi connectivity index (χ0n) is 39.3. The van der Waals surface area contributed by atoms with E-state index in [0.717, 1.165) is 0 Å². The standard InChI is InChI=1S/C44H71N9O15/c1-34(2)40(42(56)51-38(4-3-11-48-44(45)58)41(55)50-37-7-5-35(6-8-37)33-68-43(57)36-9-12-47-32-36)52-39(54)10-14-59-16-18-61-20-22-63-24-26-65-28-30-67-31-29-66-27-25-64-23-21-62-19-17-60-15-13-49-53-46/h5-9,12,32,34,38,40,47H,3-4,10-11,13-31,33H2,1-2H3,(H,50,55)(H,51,56)(H,52,54)(H3,45,48,58)/t38-,40-/m0/s1. The van der Waals surface area contributed by atoms with Crippen molar-refractivity contribution in [3.63, 3.8) is 0 Å². The quantitative estimate of drug-likeness (QED) is 0.0183. The van der Waals surface area contributed by atoms with Gasteiger partial charge in [0.25, 0.3) is 0 Å². The minimum atomic E-state index is -1.01. The summed E-state index contributed by atoms with van der Waals surface area (Å²) in [5.41, 5.74) is 14.9. The second-order valence-electron chi connectivity index (χ2n) is 14.9. The fourth-order valence-corrected chi connectivity index (χ4v) is 5.60. The number of benzene rings is 1. The van der Waals surface area contributed by atoms with Crippen LogP contribution in [0.2, 0.25) is 0 Å². The van der Waals surface area contributed by atoms with Crippen LogP contribution in [0, 0.1) is 5.92 Å². The summed E-state index contributed by atoms with van der Waals surface area (Å²) in [7, 11) is 0. The highest BCUT2D eigenvalue weighted by Gasteiger charge is 2.29. The lowest BCUT2D eigenvalue weighted by Crippen LogP contribution is -2.54. The Kier molecular flexibility index (Phi) is 34.2. The third-order valence-electron chi connectivity index (χ3n) is 9.14. The molecule has 382 valence electrons. The number of aromatic nitrogens is 1. The molecule has 2 aromatic rings. The van der Waals surface area contributed by atoms with E-state index in [-0.39, 0.29) is 45.1 Å². The normalized spacial score (nSPS) is 11.9. The Morgan fingerprint density at radius 3 is 1.63 bits per heavy atom. The van der Waals surface area contributed by atoms with Crippen molar-refractivity contribution in [3.8, 4) is 0 Å². The van der Waals surface area contributed by atoms with Crippen LogP contribution in [0.3, 0.4) is 0 Å². The molecule has 24 heteroatoms. The van der Waals surface area contributed by atoms with Crippen LogP contribution in [0.1, 0.15) is 49.0 Å². The van der Waals surface area contributed by atoms with E-state index >= 15 is 0 Å². The van der Waals surface area contributed by atoms with Crippen molar-refractivity contribution >= 4 is 35.4 Å². The molecule has 0 aliphatic heterocycles. The number of aromatic amines is 1. The van der Waals surface area contributed by atoms with Crippen molar-refractivity contribution in [1.29, 1.82) is 0 Å². The van der Waals surface area contributed by atoms with Crippen LogP contribution in [0.15, 0.2) is 47.8 Å². The van der Waals surface area contributed by atoms with Gasteiger partial charge in [0.1, 0.15) is 18.7 Å². The molecule has 5 amide bonds. The molecule has 1 aromatic heterocycles. The van der Waals surface area contributed by atoms with Gasteiger partial charge in [0, 0.05) is 42.5 Å². The molecule has 0 radical (unpaired) electrons. The number of hydrogen-bond donors (Lipinski definition) is 6. The van der Waals surface area contributed by atoms with Crippen molar-refractivity contribution in [2.75, 3.05) is 137 Å². The predicted molar refractivity (Wildman–Crippen MR) is 247 cm³/mol. The van der Waals surface area contributed by atoms with Crippen molar-refractivity contribution in [2.24, 2.45) is 16.8 Å². The van der Waals surface area contributed by atoms with Gasteiger partial charge >= 0.3 is 12.0 Å². The molecule has 0 fully saturated rings. The highest BCUT2D eigenvalue weighted by Crippen LogP contribution is 2.14. The smallest absolute Gasteiger partial charge is 0.340 e. The van der Waals surface area contributed by atoms with Gasteiger partial charge in [-0.05, 0) is 48.1 Å². The molecule has 1 heterocycles. The molecule has 0 aliphatic rings. The molecule has 2 rings (SSSR count). The molecule has 0 aliphatic carbocycles. The fourth-order valence-electron chi connectivity index (χ4n) is 5.60. The summed E-state index contributed by atoms with van der Waals surface area (Å²) in [6, 6.07) is 5.61. The van der Waals surface area contributed by atoms with Crippen LogP contribution >= 0.6 is 0 Å². The van der Waals surface area contributed by atoms with Crippen molar-refractivity contribution in [2.45, 2.75) is 51.8 Å². The third kappa shape index (κ3) is 30.8. The topological polar surface area (TPSA) is 316 Å². The number of hydrogen-bond acceptors (Lipinski definition) is 16. The highest BCUT2D eigenvalue weighted by molar-refractivity contribution is 5.98. The van der Waals surface area contributed by atoms with Crippen molar-refractivity contribution in [3.05, 3.63) is 64.3 Å². The van der Waals surface area contributed by atoms with Gasteiger partial charge in [-0.2, -0.15) is 0 Å². The highest BCUT2D eigenvalue weighted by atomic mass is 16.6. The Morgan fingerprint density at radius 2 is 1.18 bits per heavy atom. The van der Waals surface area contributed by atoms with Crippen LogP contribution in [-0.2, 0) is 68.4 Å². The number of ether oxygens (including phenoxy) is 10. The van der Waals surface area contributed by atoms with E-state index in [1.165, 1.54) is 6.20 Å². The lowest BCUT2D eigenvalue weighted by Gasteiger charge is -2.25. The van der Waals surface area contributed by atoms with E-state index < -0.39 is 41.8 Å². The average molecular weight is 966 g/mol. The van der Waals surface area contributed by atoms with Crippen molar-refractivity contribution in [1.82, 2.24) is 20.9 Å². The Morgan fingerprint density at radius 1 is 0.676 bits per heavy atom. The van der Waals surface area contributed by atoms with Gasteiger partial charge in [-0.25, -0.2) is 9.59 Å². The number of nitrogens with two attached hydrogens (primary N) is 1. The summed E-state index contributed by atoms with van der Waals surface area (Å²) in [6.07, 6.45) is 3.64. The van der Waals surface area contributed by atoms with Gasteiger partial charge in [-0.3, -0.25) is 14.4 Å². The van der Waals surface area contributed by atoms with Crippen LogP contribution in [0.4, 0.5) is 10.5 Å². The van der Waals surface area contributed by atoms with Crippen LogP contribution in [0.25, 0.3) is 10.4 Å². The van der Waals surface area contributed by atoms with Gasteiger partial charge in [-0.15, -0.1) is 0 Å². The zero-order valence-corrected chi connectivity index (χ0v) is 39.3. The second-order valence-corrected chi connectivity index (χ2v) is 14.9. The minimum Gasteiger partial charge on any atom is -0.457 e. The van der Waals surface area contributed by atoms with Gasteiger partial charge < -0.3 is 79.4 Å². The fraction of sp³-hybridized carbons (Fsp3) is 0.659. The molecule has 0 bridgehead atoms. The molecule has 0 spiro atoms. The summed E-state index contributed by atoms with van der Waals surface area (Å²) in [5, 5.41) is 14.1. The summed E-state index contributed by atoms with van der Waals surface area (Å²) in [5.74, 6) is -2.26. The van der Waals surface area contributed by atoms with Gasteiger partial charge in [0.05, 0.1) is 124 Å². The molecule has 0 saturated carbocycles. The number of azide groups is 1. The number of primary amides is 1. The maximum Gasteiger partial charge on any atom is 0.340 e. The lowest BCUT2D eigenvalue weighted by atomic mass is 10.0. The Bertz CT molecular complexity index is 1700. The summed E-state index contributed by atoms with van der Waals surface area (Å²) < 4.78 is 54.3. The molecule has 24 nitrogen and oxygen atoms in total. The first-order valence-electron chi connectivity index (χ1n) is 22.6. The molecule has 0 saturated heterocycles. The number of nitrogens with one attached hydrogen (secondary N) is 5. The molecule has 1 aromatic carbocycles. The molecule has 0 unspecified atom stereocenters. The van der Waals surface area contributed by atoms with E-state index in [9.17, 15) is 24.0 Å². The number of esters is 1. The largest absolute Gasteiger partial charge is 0.457 e. The number of rotatable bonds is 43. The second kappa shape index (κ2) is 39.6. The van der Waals surface area contributed by atoms with E-state index in [4.69, 9.17) is 58.6 Å². The van der Waals surface area contributed by atoms with Crippen molar-refractivity contribution < 1.29 is 71.3 Å². The first-order chi connectivity index (χ1) is 33.1. The summed E-state index contributed by atoms with van der Waals surface area (Å²) in [4.78, 5) is 68.5. The average Bonchev–Trinajstić information content (AvgIpc) is 3.87. The van der Waals surface area contributed by atoms with Crippen LogP contribution in [-0.4, -0.2) is 179 Å². The monoisotopic (exact) mass is 966 g/mol. The zero-order chi connectivity index (χ0) is 49.3. The number of nitrogens with zero attached hydrogens (tertiary/aromatic N) is 3. The van der Waals surface area contributed by atoms with E-state index in [2.05, 4.69) is 36.3 Å². The number of anilines is 1. The van der Waals surface area contributed by atoms with Gasteiger partial charge in [0.2, 0.25) is 17.7 Å². The molecule has 2 atom stereocenters. The van der Waals surface area contributed by atoms with E-state index in [1.807, 2.05) is 0 Å². The summed E-state index contributed by atoms with van der Waals surface area (Å²) >= 11 is 0. The Hall–Kier alpha value is -5.40. The van der Waals surface area contributed by atoms with E-state index in [0.29, 0.717) is 135 Å². The number of carbonyl (C=O) groups is 5. The van der Waals surface area contributed by atoms with Crippen LogP contribution in [0.5, 0.6) is 0 Å². The molecule has 68 heavy (non-hydrogen) atoms. The summed E-state index contributed by atoms with van der Waals surface area (Å²) in [6.45, 7) is 11.1. The lowest BCUT2D eigenvalue weighted by molar-refractivity contribution is -0.132. The minimum absolute atomic E-state index is 0.00206. The van der Waals surface area contributed by atoms with Gasteiger partial charge in [-0.1, -0.05) is 31.1 Å². The number of amides is 5. The number of urea groups is 1. The first kappa shape index (κ1) is 58.7. The van der Waals surface area contributed by atoms with E-state index in [1.54, 1.807) is 50.4 Å².